The van der Waals surface area contributed by atoms with Crippen molar-refractivity contribution in [1.82, 2.24) is 4.90 Å². The Labute approximate surface area is 102 Å². The zero-order valence-electron chi connectivity index (χ0n) is 10.7. The largest absolute Gasteiger partial charge is 0.488 e. The molecule has 0 aliphatic carbocycles. The Morgan fingerprint density at radius 2 is 2.12 bits per heavy atom. The number of hydrogen-bond donors (Lipinski definition) is 1. The Morgan fingerprint density at radius 1 is 1.41 bits per heavy atom. The number of nitrogens with two attached hydrogens (primary N) is 1. The Morgan fingerprint density at radius 3 is 2.65 bits per heavy atom. The molecular weight excluding hydrogens is 219 g/mol. The van der Waals surface area contributed by atoms with E-state index < -0.39 is 0 Å². The van der Waals surface area contributed by atoms with Gasteiger partial charge in [-0.15, -0.1) is 0 Å². The molecule has 0 saturated heterocycles. The van der Waals surface area contributed by atoms with Crippen molar-refractivity contribution in [3.63, 3.8) is 0 Å². The van der Waals surface area contributed by atoms with Crippen LogP contribution in [0.4, 0.5) is 4.39 Å². The summed E-state index contributed by atoms with van der Waals surface area (Å²) in [5, 5.41) is 0. The second-order valence-electron chi connectivity index (χ2n) is 4.46. The number of likely N-dealkylation sites (N-methyl/N-ethyl adjacent to an activating group) is 1. The van der Waals surface area contributed by atoms with E-state index in [1.54, 1.807) is 6.07 Å². The summed E-state index contributed by atoms with van der Waals surface area (Å²) in [7, 11) is 1.96. The molecule has 0 aliphatic rings. The topological polar surface area (TPSA) is 38.5 Å². The van der Waals surface area contributed by atoms with Gasteiger partial charge in [-0.2, -0.15) is 0 Å². The van der Waals surface area contributed by atoms with Gasteiger partial charge in [0.2, 0.25) is 0 Å². The second-order valence-corrected chi connectivity index (χ2v) is 4.46. The molecule has 1 rings (SSSR count). The maximum Gasteiger partial charge on any atom is 0.165 e. The molecule has 2 N–H and O–H groups in total. The van der Waals surface area contributed by atoms with Gasteiger partial charge in [0, 0.05) is 19.6 Å². The van der Waals surface area contributed by atoms with E-state index in [4.69, 9.17) is 10.5 Å². The highest BCUT2D eigenvalue weighted by atomic mass is 19.1. The molecular formula is C13H21FN2O. The van der Waals surface area contributed by atoms with Gasteiger partial charge >= 0.3 is 0 Å². The lowest BCUT2D eigenvalue weighted by Gasteiger charge is -2.16. The number of hydrogen-bond acceptors (Lipinski definition) is 3. The number of nitrogens with zero attached hydrogens (tertiary/aromatic N) is 1. The molecule has 0 heterocycles. The highest BCUT2D eigenvalue weighted by Crippen LogP contribution is 2.20. The lowest BCUT2D eigenvalue weighted by Crippen LogP contribution is -2.25. The van der Waals surface area contributed by atoms with Gasteiger partial charge in [0.05, 0.1) is 6.10 Å². The maximum absolute atomic E-state index is 13.7. The second kappa shape index (κ2) is 6.57. The summed E-state index contributed by atoms with van der Waals surface area (Å²) in [4.78, 5) is 2.05. The molecule has 0 fully saturated rings. The molecule has 0 aliphatic heterocycles. The number of ether oxygens (including phenoxy) is 1. The standard InChI is InChI=1S/C13H21FN2O/c1-10(2)17-13-5-4-11(8-12(13)14)9-16(3)7-6-15/h4-5,8,10H,6-7,9,15H2,1-3H3. The highest BCUT2D eigenvalue weighted by molar-refractivity contribution is 5.29. The van der Waals surface area contributed by atoms with E-state index in [9.17, 15) is 4.39 Å². The predicted molar refractivity (Wildman–Crippen MR) is 67.6 cm³/mol. The molecule has 96 valence electrons. The fourth-order valence-corrected chi connectivity index (χ4v) is 1.60. The summed E-state index contributed by atoms with van der Waals surface area (Å²) < 4.78 is 19.0. The van der Waals surface area contributed by atoms with E-state index in [0.29, 0.717) is 18.8 Å². The van der Waals surface area contributed by atoms with E-state index in [2.05, 4.69) is 4.90 Å². The summed E-state index contributed by atoms with van der Waals surface area (Å²) >= 11 is 0. The predicted octanol–water partition coefficient (Wildman–Crippen LogP) is 2.00. The van der Waals surface area contributed by atoms with Gasteiger partial charge in [0.1, 0.15) is 0 Å². The minimum absolute atomic E-state index is 0.0183. The Kier molecular flexibility index (Phi) is 5.38. The average Bonchev–Trinajstić information content (AvgIpc) is 2.22. The molecule has 0 amide bonds. The summed E-state index contributed by atoms with van der Waals surface area (Å²) in [6, 6.07) is 5.08. The third-order valence-corrected chi connectivity index (χ3v) is 2.32. The summed E-state index contributed by atoms with van der Waals surface area (Å²) in [5.41, 5.74) is 6.38. The third-order valence-electron chi connectivity index (χ3n) is 2.32. The Hall–Kier alpha value is -1.13. The molecule has 0 aromatic heterocycles. The van der Waals surface area contributed by atoms with Crippen molar-refractivity contribution in [2.24, 2.45) is 5.73 Å². The monoisotopic (exact) mass is 240 g/mol. The summed E-state index contributed by atoms with van der Waals surface area (Å²) in [6.07, 6.45) is -0.0183. The lowest BCUT2D eigenvalue weighted by molar-refractivity contribution is 0.231. The van der Waals surface area contributed by atoms with Crippen molar-refractivity contribution >= 4 is 0 Å². The van der Waals surface area contributed by atoms with Crippen molar-refractivity contribution in [1.29, 1.82) is 0 Å². The zero-order chi connectivity index (χ0) is 12.8. The van der Waals surface area contributed by atoms with Crippen LogP contribution < -0.4 is 10.5 Å². The van der Waals surface area contributed by atoms with Crippen LogP contribution in [-0.4, -0.2) is 31.1 Å². The molecule has 0 spiro atoms. The van der Waals surface area contributed by atoms with Gasteiger partial charge in [-0.1, -0.05) is 6.07 Å². The van der Waals surface area contributed by atoms with E-state index in [1.165, 1.54) is 6.07 Å². The number of benzene rings is 1. The van der Waals surface area contributed by atoms with Crippen LogP contribution >= 0.6 is 0 Å². The first-order chi connectivity index (χ1) is 8.02. The van der Waals surface area contributed by atoms with Crippen molar-refractivity contribution in [3.05, 3.63) is 29.6 Å². The number of rotatable bonds is 6. The first kappa shape index (κ1) is 13.9. The van der Waals surface area contributed by atoms with E-state index in [-0.39, 0.29) is 11.9 Å². The first-order valence-corrected chi connectivity index (χ1v) is 5.86. The van der Waals surface area contributed by atoms with E-state index in [1.807, 2.05) is 27.0 Å². The molecule has 1 aromatic rings. The first-order valence-electron chi connectivity index (χ1n) is 5.86. The molecule has 1 aromatic carbocycles. The minimum atomic E-state index is -0.308. The van der Waals surface area contributed by atoms with Crippen LogP contribution in [0.25, 0.3) is 0 Å². The zero-order valence-corrected chi connectivity index (χ0v) is 10.7. The molecule has 0 saturated carbocycles. The maximum atomic E-state index is 13.7. The Balaban J connectivity index is 2.68. The van der Waals surface area contributed by atoms with Crippen LogP contribution in [0.15, 0.2) is 18.2 Å². The molecule has 4 heteroatoms. The molecule has 17 heavy (non-hydrogen) atoms. The average molecular weight is 240 g/mol. The fourth-order valence-electron chi connectivity index (χ4n) is 1.60. The van der Waals surface area contributed by atoms with Crippen molar-refractivity contribution in [3.8, 4) is 5.75 Å². The Bertz CT molecular complexity index is 355. The summed E-state index contributed by atoms with van der Waals surface area (Å²) in [6.45, 7) is 5.85. The fraction of sp³-hybridized carbons (Fsp3) is 0.538. The molecule has 3 nitrogen and oxygen atoms in total. The van der Waals surface area contributed by atoms with E-state index in [0.717, 1.165) is 12.1 Å². The SMILES string of the molecule is CC(C)Oc1ccc(CN(C)CCN)cc1F. The van der Waals surface area contributed by atoms with Crippen LogP contribution in [0.5, 0.6) is 5.75 Å². The molecule has 0 atom stereocenters. The van der Waals surface area contributed by atoms with Crippen LogP contribution in [-0.2, 0) is 6.54 Å². The van der Waals surface area contributed by atoms with Crippen LogP contribution in [0.2, 0.25) is 0 Å². The molecule has 0 bridgehead atoms. The van der Waals surface area contributed by atoms with Gasteiger partial charge in [0.15, 0.2) is 11.6 Å². The van der Waals surface area contributed by atoms with Crippen molar-refractivity contribution < 1.29 is 9.13 Å². The van der Waals surface area contributed by atoms with Crippen LogP contribution in [0.3, 0.4) is 0 Å². The normalized spacial score (nSPS) is 11.2. The summed E-state index contributed by atoms with van der Waals surface area (Å²) in [5.74, 6) is 0.00239. The van der Waals surface area contributed by atoms with Crippen molar-refractivity contribution in [2.75, 3.05) is 20.1 Å². The highest BCUT2D eigenvalue weighted by Gasteiger charge is 2.07. The van der Waals surface area contributed by atoms with Crippen molar-refractivity contribution in [2.45, 2.75) is 26.5 Å². The van der Waals surface area contributed by atoms with E-state index >= 15 is 0 Å². The molecule has 0 radical (unpaired) electrons. The van der Waals surface area contributed by atoms with Crippen LogP contribution in [0.1, 0.15) is 19.4 Å². The molecule has 0 unspecified atom stereocenters. The van der Waals surface area contributed by atoms with Crippen LogP contribution in [0, 0.1) is 5.82 Å². The van der Waals surface area contributed by atoms with Gasteiger partial charge < -0.3 is 15.4 Å². The van der Waals surface area contributed by atoms with Gasteiger partial charge in [-0.25, -0.2) is 4.39 Å². The number of halogens is 1. The van der Waals surface area contributed by atoms with Gasteiger partial charge in [-0.3, -0.25) is 0 Å². The lowest BCUT2D eigenvalue weighted by atomic mass is 10.2. The van der Waals surface area contributed by atoms with Gasteiger partial charge in [0.25, 0.3) is 0 Å². The minimum Gasteiger partial charge on any atom is -0.488 e. The quantitative estimate of drug-likeness (QED) is 0.826. The van der Waals surface area contributed by atoms with Gasteiger partial charge in [-0.05, 0) is 38.6 Å². The smallest absolute Gasteiger partial charge is 0.165 e. The third kappa shape index (κ3) is 4.71.